The van der Waals surface area contributed by atoms with Crippen molar-refractivity contribution in [1.82, 2.24) is 4.90 Å². The molecule has 6 atom stereocenters. The van der Waals surface area contributed by atoms with Crippen LogP contribution < -0.4 is 0 Å². The summed E-state index contributed by atoms with van der Waals surface area (Å²) >= 11 is 0. The van der Waals surface area contributed by atoms with E-state index < -0.39 is 0 Å². The summed E-state index contributed by atoms with van der Waals surface area (Å²) in [6, 6.07) is 0. The molecule has 0 amide bonds. The molecule has 5 rings (SSSR count). The van der Waals surface area contributed by atoms with Gasteiger partial charge in [-0.1, -0.05) is 31.9 Å². The van der Waals surface area contributed by atoms with Crippen LogP contribution in [0.3, 0.4) is 0 Å². The lowest BCUT2D eigenvalue weighted by molar-refractivity contribution is -0.0791. The van der Waals surface area contributed by atoms with Gasteiger partial charge in [-0.3, -0.25) is 4.90 Å². The fourth-order valence-electron chi connectivity index (χ4n) is 8.91. The van der Waals surface area contributed by atoms with Gasteiger partial charge in [0.2, 0.25) is 0 Å². The molecular formula is C25H41NO. The van der Waals surface area contributed by atoms with Crippen LogP contribution in [-0.4, -0.2) is 35.2 Å². The van der Waals surface area contributed by atoms with E-state index in [4.69, 9.17) is 0 Å². The second-order valence-corrected chi connectivity index (χ2v) is 11.8. The van der Waals surface area contributed by atoms with Gasteiger partial charge in [0.05, 0.1) is 0 Å². The topological polar surface area (TPSA) is 23.2 Å². The van der Waals surface area contributed by atoms with Crippen LogP contribution in [0.5, 0.6) is 0 Å². The quantitative estimate of drug-likeness (QED) is 0.505. The molecule has 5 aliphatic rings. The molecule has 1 saturated heterocycles. The minimum Gasteiger partial charge on any atom is -0.396 e. The minimum atomic E-state index is 0.374. The second kappa shape index (κ2) is 5.85. The molecule has 3 saturated carbocycles. The van der Waals surface area contributed by atoms with E-state index in [1.54, 1.807) is 5.57 Å². The van der Waals surface area contributed by atoms with Crippen molar-refractivity contribution in [1.29, 1.82) is 0 Å². The smallest absolute Gasteiger partial charge is 0.0431 e. The molecule has 0 aromatic rings. The normalized spacial score (nSPS) is 49.9. The van der Waals surface area contributed by atoms with Crippen LogP contribution in [0, 0.1) is 28.1 Å². The molecule has 4 fully saturated rings. The highest BCUT2D eigenvalue weighted by Gasteiger charge is 2.71. The fourth-order valence-corrected chi connectivity index (χ4v) is 8.91. The Morgan fingerprint density at radius 2 is 1.96 bits per heavy atom. The van der Waals surface area contributed by atoms with Gasteiger partial charge >= 0.3 is 0 Å². The van der Waals surface area contributed by atoms with Gasteiger partial charge in [-0.05, 0) is 93.8 Å². The Kier molecular flexibility index (Phi) is 4.04. The van der Waals surface area contributed by atoms with Gasteiger partial charge in [-0.15, -0.1) is 0 Å². The van der Waals surface area contributed by atoms with Crippen molar-refractivity contribution in [2.24, 2.45) is 28.1 Å². The Morgan fingerprint density at radius 1 is 1.15 bits per heavy atom. The molecule has 1 heterocycles. The van der Waals surface area contributed by atoms with Gasteiger partial charge in [0, 0.05) is 30.7 Å². The van der Waals surface area contributed by atoms with E-state index in [2.05, 4.69) is 32.6 Å². The lowest BCUT2D eigenvalue weighted by Gasteiger charge is -2.57. The highest BCUT2D eigenvalue weighted by Crippen LogP contribution is 2.77. The molecule has 0 radical (unpaired) electrons. The Labute approximate surface area is 166 Å². The zero-order chi connectivity index (χ0) is 19.1. The number of nitrogens with zero attached hydrogens (tertiary/aromatic N) is 1. The Hall–Kier alpha value is -0.340. The predicted octanol–water partition coefficient (Wildman–Crippen LogP) is 5.56. The molecule has 2 heteroatoms. The van der Waals surface area contributed by atoms with Crippen molar-refractivity contribution >= 4 is 0 Å². The maximum absolute atomic E-state index is 9.17. The van der Waals surface area contributed by atoms with Crippen molar-refractivity contribution in [2.75, 3.05) is 19.7 Å². The standard InChI is InChI=1S/C25H41NO/c1-18-7-12-25-19(2)8-10-23(15-21(18)25,22(25,3)4)16-26-17-24(26)11-9-20(14-24)6-5-13-27/h19-20,27H,5-17H2,1-4H3. The zero-order valence-electron chi connectivity index (χ0n) is 18.2. The van der Waals surface area contributed by atoms with Crippen molar-refractivity contribution in [3.63, 3.8) is 0 Å². The van der Waals surface area contributed by atoms with E-state index in [9.17, 15) is 5.11 Å². The lowest BCUT2D eigenvalue weighted by Crippen LogP contribution is -2.53. The summed E-state index contributed by atoms with van der Waals surface area (Å²) in [4.78, 5) is 2.91. The van der Waals surface area contributed by atoms with Crippen LogP contribution in [0.15, 0.2) is 11.1 Å². The number of hydrogen-bond acceptors (Lipinski definition) is 2. The largest absolute Gasteiger partial charge is 0.396 e. The van der Waals surface area contributed by atoms with Gasteiger partial charge in [-0.2, -0.15) is 0 Å². The first-order valence-electron chi connectivity index (χ1n) is 11.9. The number of hydrogen-bond donors (Lipinski definition) is 1. The van der Waals surface area contributed by atoms with Gasteiger partial charge in [0.25, 0.3) is 0 Å². The van der Waals surface area contributed by atoms with Gasteiger partial charge < -0.3 is 5.11 Å². The van der Waals surface area contributed by atoms with E-state index in [-0.39, 0.29) is 0 Å². The fraction of sp³-hybridized carbons (Fsp3) is 0.920. The molecule has 2 spiro atoms. The van der Waals surface area contributed by atoms with E-state index in [0.29, 0.717) is 28.4 Å². The molecular weight excluding hydrogens is 330 g/mol. The zero-order valence-corrected chi connectivity index (χ0v) is 18.2. The van der Waals surface area contributed by atoms with Crippen LogP contribution in [-0.2, 0) is 0 Å². The maximum Gasteiger partial charge on any atom is 0.0431 e. The molecule has 6 unspecified atom stereocenters. The number of aliphatic hydroxyl groups is 1. The number of allylic oxidation sites excluding steroid dienone is 2. The minimum absolute atomic E-state index is 0.374. The number of rotatable bonds is 5. The maximum atomic E-state index is 9.17. The first-order valence-corrected chi connectivity index (χ1v) is 11.9. The van der Waals surface area contributed by atoms with Crippen LogP contribution >= 0.6 is 0 Å². The van der Waals surface area contributed by atoms with Gasteiger partial charge in [0.1, 0.15) is 0 Å². The highest BCUT2D eigenvalue weighted by atomic mass is 16.2. The van der Waals surface area contributed by atoms with Crippen LogP contribution in [0.2, 0.25) is 0 Å². The molecule has 1 aliphatic heterocycles. The van der Waals surface area contributed by atoms with E-state index in [1.807, 2.05) is 5.57 Å². The first-order chi connectivity index (χ1) is 12.8. The summed E-state index contributed by atoms with van der Waals surface area (Å²) in [6.07, 6.45) is 13.6. The van der Waals surface area contributed by atoms with Crippen LogP contribution in [0.4, 0.5) is 0 Å². The summed E-state index contributed by atoms with van der Waals surface area (Å²) < 4.78 is 0. The van der Waals surface area contributed by atoms with Gasteiger partial charge in [-0.25, -0.2) is 0 Å². The number of aliphatic hydroxyl groups excluding tert-OH is 1. The summed E-state index contributed by atoms with van der Waals surface area (Å²) in [5, 5.41) is 9.17. The third-order valence-electron chi connectivity index (χ3n) is 10.8. The molecule has 0 aromatic carbocycles. The summed E-state index contributed by atoms with van der Waals surface area (Å²) in [5.74, 6) is 1.74. The Morgan fingerprint density at radius 3 is 2.74 bits per heavy atom. The molecule has 4 aliphatic carbocycles. The molecule has 2 bridgehead atoms. The van der Waals surface area contributed by atoms with E-state index >= 15 is 0 Å². The average Bonchev–Trinajstić information content (AvgIpc) is 2.90. The molecule has 0 aromatic heterocycles. The third kappa shape index (κ3) is 2.26. The summed E-state index contributed by atoms with van der Waals surface area (Å²) in [5.41, 5.74) is 5.69. The van der Waals surface area contributed by atoms with Crippen molar-refractivity contribution in [3.8, 4) is 0 Å². The third-order valence-corrected chi connectivity index (χ3v) is 10.8. The van der Waals surface area contributed by atoms with Crippen molar-refractivity contribution in [2.45, 2.75) is 97.4 Å². The predicted molar refractivity (Wildman–Crippen MR) is 112 cm³/mol. The first kappa shape index (κ1) is 18.7. The van der Waals surface area contributed by atoms with E-state index in [0.717, 1.165) is 18.3 Å². The summed E-state index contributed by atoms with van der Waals surface area (Å²) in [7, 11) is 0. The second-order valence-electron chi connectivity index (χ2n) is 11.8. The monoisotopic (exact) mass is 371 g/mol. The van der Waals surface area contributed by atoms with Crippen molar-refractivity contribution in [3.05, 3.63) is 11.1 Å². The SMILES string of the molecule is CC1=C2CC3(CN4CC45CCC(CCCO)C5)CCC(C)C2(CC1)C3(C)C. The Balaban J connectivity index is 1.37. The number of fused-ring (bicyclic) bond motifs is 1. The van der Waals surface area contributed by atoms with Crippen LogP contribution in [0.1, 0.15) is 91.9 Å². The van der Waals surface area contributed by atoms with E-state index in [1.165, 1.54) is 70.9 Å². The summed E-state index contributed by atoms with van der Waals surface area (Å²) in [6.45, 7) is 13.4. The average molecular weight is 372 g/mol. The van der Waals surface area contributed by atoms with Gasteiger partial charge in [0.15, 0.2) is 0 Å². The molecule has 1 N–H and O–H groups in total. The highest BCUT2D eigenvalue weighted by molar-refractivity contribution is 5.41. The van der Waals surface area contributed by atoms with Crippen LogP contribution in [0.25, 0.3) is 0 Å². The lowest BCUT2D eigenvalue weighted by atomic mass is 9.48. The molecule has 152 valence electrons. The van der Waals surface area contributed by atoms with Crippen molar-refractivity contribution < 1.29 is 5.11 Å². The Bertz CT molecular complexity index is 665. The molecule has 2 nitrogen and oxygen atoms in total. The molecule has 27 heavy (non-hydrogen) atoms.